The van der Waals surface area contributed by atoms with Crippen LogP contribution >= 0.6 is 11.8 Å². The van der Waals surface area contributed by atoms with Crippen molar-refractivity contribution >= 4 is 35.4 Å². The number of hydrogen-bond acceptors (Lipinski definition) is 5. The highest BCUT2D eigenvalue weighted by atomic mass is 32.2. The molecule has 0 spiro atoms. The smallest absolute Gasteiger partial charge is 0.407 e. The molecule has 1 aliphatic carbocycles. The lowest BCUT2D eigenvalue weighted by atomic mass is 9.98. The number of fused-ring (bicyclic) bond motifs is 3. The van der Waals surface area contributed by atoms with Crippen molar-refractivity contribution in [3.8, 4) is 11.1 Å². The second kappa shape index (κ2) is 11.1. The van der Waals surface area contributed by atoms with E-state index < -0.39 is 23.4 Å². The number of hydrogen-bond donors (Lipinski definition) is 3. The summed E-state index contributed by atoms with van der Waals surface area (Å²) >= 11 is 1.29. The molecule has 0 aromatic heterocycles. The summed E-state index contributed by atoms with van der Waals surface area (Å²) in [7, 11) is 0. The van der Waals surface area contributed by atoms with Crippen LogP contribution in [0.3, 0.4) is 0 Å². The van der Waals surface area contributed by atoms with Crippen LogP contribution in [0.1, 0.15) is 27.4 Å². The van der Waals surface area contributed by atoms with Crippen molar-refractivity contribution in [1.29, 1.82) is 0 Å². The van der Waals surface area contributed by atoms with Gasteiger partial charge in [0.2, 0.25) is 5.91 Å². The first kappa shape index (κ1) is 24.3. The average Bonchev–Trinajstić information content (AvgIpc) is 3.16. The number of halogens is 1. The van der Waals surface area contributed by atoms with E-state index in [2.05, 4.69) is 34.9 Å². The molecule has 0 bridgehead atoms. The van der Waals surface area contributed by atoms with Gasteiger partial charge in [0.25, 0.3) is 0 Å². The highest BCUT2D eigenvalue weighted by Crippen LogP contribution is 2.44. The van der Waals surface area contributed by atoms with Crippen molar-refractivity contribution in [3.63, 3.8) is 0 Å². The maximum atomic E-state index is 13.7. The van der Waals surface area contributed by atoms with Crippen LogP contribution in [0.2, 0.25) is 0 Å². The molecule has 180 valence electrons. The number of carbonyl (C=O) groups excluding carboxylic acids is 2. The third-order valence-electron chi connectivity index (χ3n) is 5.58. The third kappa shape index (κ3) is 5.81. The zero-order chi connectivity index (χ0) is 24.8. The SMILES string of the molecule is O=C(CSCCNC(=O)OCC1c2ccccc2-c2ccccc21)Nc1ccc(C(=O)O)c(F)c1. The zero-order valence-corrected chi connectivity index (χ0v) is 19.4. The lowest BCUT2D eigenvalue weighted by Gasteiger charge is -2.14. The van der Waals surface area contributed by atoms with Crippen LogP contribution in [-0.4, -0.2) is 47.7 Å². The maximum Gasteiger partial charge on any atom is 0.407 e. The molecule has 3 N–H and O–H groups in total. The molecule has 0 atom stereocenters. The Balaban J connectivity index is 1.17. The van der Waals surface area contributed by atoms with E-state index in [9.17, 15) is 18.8 Å². The standard InChI is InChI=1S/C26H23FN2O5S/c27-23-13-16(9-10-21(23)25(31)32)29-24(30)15-35-12-11-28-26(33)34-14-22-19-7-3-1-5-17(19)18-6-2-4-8-20(18)22/h1-10,13,22H,11-12,14-15H2,(H,28,33)(H,29,30)(H,31,32). The summed E-state index contributed by atoms with van der Waals surface area (Å²) in [5.74, 6) is -2.10. The van der Waals surface area contributed by atoms with Crippen LogP contribution in [0, 0.1) is 5.82 Å². The molecular formula is C26H23FN2O5S. The number of alkyl carbamates (subject to hydrolysis) is 1. The molecule has 0 aliphatic heterocycles. The minimum absolute atomic E-state index is 0.0133. The number of carboxylic acid groups (broad SMARTS) is 1. The number of anilines is 1. The summed E-state index contributed by atoms with van der Waals surface area (Å²) in [6, 6.07) is 19.6. The molecule has 0 heterocycles. The Morgan fingerprint density at radius 3 is 2.26 bits per heavy atom. The lowest BCUT2D eigenvalue weighted by Crippen LogP contribution is -2.28. The average molecular weight is 495 g/mol. The van der Waals surface area contributed by atoms with Gasteiger partial charge in [-0.2, -0.15) is 11.8 Å². The number of carboxylic acids is 1. The Morgan fingerprint density at radius 2 is 1.63 bits per heavy atom. The van der Waals surface area contributed by atoms with E-state index in [-0.39, 0.29) is 29.9 Å². The normalized spacial score (nSPS) is 11.9. The molecule has 3 aromatic rings. The van der Waals surface area contributed by atoms with Gasteiger partial charge in [0.05, 0.1) is 11.3 Å². The number of ether oxygens (including phenoxy) is 1. The zero-order valence-electron chi connectivity index (χ0n) is 18.6. The first-order valence-electron chi connectivity index (χ1n) is 10.9. The van der Waals surface area contributed by atoms with Crippen LogP contribution in [0.25, 0.3) is 11.1 Å². The fourth-order valence-corrected chi connectivity index (χ4v) is 4.65. The van der Waals surface area contributed by atoms with Gasteiger partial charge in [0.1, 0.15) is 12.4 Å². The van der Waals surface area contributed by atoms with Crippen molar-refractivity contribution in [2.45, 2.75) is 5.92 Å². The fraction of sp³-hybridized carbons (Fsp3) is 0.192. The van der Waals surface area contributed by atoms with E-state index in [1.54, 1.807) is 0 Å². The Morgan fingerprint density at radius 1 is 0.971 bits per heavy atom. The van der Waals surface area contributed by atoms with Crippen molar-refractivity contribution in [1.82, 2.24) is 5.32 Å². The summed E-state index contributed by atoms with van der Waals surface area (Å²) in [5, 5.41) is 14.0. The van der Waals surface area contributed by atoms with E-state index >= 15 is 0 Å². The second-order valence-corrected chi connectivity index (χ2v) is 8.96. The van der Waals surface area contributed by atoms with E-state index in [0.717, 1.165) is 34.4 Å². The van der Waals surface area contributed by atoms with Gasteiger partial charge in [-0.25, -0.2) is 14.0 Å². The topological polar surface area (TPSA) is 105 Å². The number of carbonyl (C=O) groups is 3. The molecule has 0 radical (unpaired) electrons. The molecular weight excluding hydrogens is 471 g/mol. The van der Waals surface area contributed by atoms with Crippen molar-refractivity contribution in [2.75, 3.05) is 30.0 Å². The summed E-state index contributed by atoms with van der Waals surface area (Å²) in [4.78, 5) is 35.0. The lowest BCUT2D eigenvalue weighted by molar-refractivity contribution is -0.113. The van der Waals surface area contributed by atoms with Crippen LogP contribution in [0.15, 0.2) is 66.7 Å². The summed E-state index contributed by atoms with van der Waals surface area (Å²) in [6.07, 6.45) is -0.522. The van der Waals surface area contributed by atoms with E-state index in [4.69, 9.17) is 9.84 Å². The van der Waals surface area contributed by atoms with Gasteiger partial charge in [0.15, 0.2) is 0 Å². The molecule has 1 aliphatic rings. The predicted octanol–water partition coefficient (Wildman–Crippen LogP) is 4.73. The summed E-state index contributed by atoms with van der Waals surface area (Å²) in [5.41, 5.74) is 4.31. The van der Waals surface area contributed by atoms with Gasteiger partial charge < -0.3 is 20.5 Å². The van der Waals surface area contributed by atoms with Gasteiger partial charge in [0, 0.05) is 23.9 Å². The van der Waals surface area contributed by atoms with Crippen LogP contribution < -0.4 is 10.6 Å². The van der Waals surface area contributed by atoms with Crippen LogP contribution in [0.4, 0.5) is 14.9 Å². The molecule has 2 amide bonds. The molecule has 0 unspecified atom stereocenters. The molecule has 4 rings (SSSR count). The number of rotatable bonds is 9. The van der Waals surface area contributed by atoms with Gasteiger partial charge in [-0.15, -0.1) is 0 Å². The number of aromatic carboxylic acids is 1. The van der Waals surface area contributed by atoms with E-state index in [0.29, 0.717) is 12.3 Å². The highest BCUT2D eigenvalue weighted by Gasteiger charge is 2.28. The van der Waals surface area contributed by atoms with E-state index in [1.807, 2.05) is 24.3 Å². The summed E-state index contributed by atoms with van der Waals surface area (Å²) in [6.45, 7) is 0.545. The van der Waals surface area contributed by atoms with Gasteiger partial charge in [-0.05, 0) is 40.5 Å². The molecule has 0 saturated carbocycles. The largest absolute Gasteiger partial charge is 0.478 e. The Hall–Kier alpha value is -3.85. The Kier molecular flexibility index (Phi) is 7.67. The first-order valence-corrected chi connectivity index (χ1v) is 12.1. The Labute approximate surface area is 205 Å². The van der Waals surface area contributed by atoms with Gasteiger partial charge in [-0.1, -0.05) is 48.5 Å². The first-order chi connectivity index (χ1) is 16.9. The fourth-order valence-electron chi connectivity index (χ4n) is 4.00. The van der Waals surface area contributed by atoms with Crippen LogP contribution in [0.5, 0.6) is 0 Å². The van der Waals surface area contributed by atoms with Crippen LogP contribution in [-0.2, 0) is 9.53 Å². The number of amides is 2. The van der Waals surface area contributed by atoms with Crippen molar-refractivity contribution in [2.24, 2.45) is 0 Å². The minimum Gasteiger partial charge on any atom is -0.478 e. The van der Waals surface area contributed by atoms with Gasteiger partial charge >= 0.3 is 12.1 Å². The van der Waals surface area contributed by atoms with Crippen molar-refractivity contribution < 1.29 is 28.6 Å². The number of benzene rings is 3. The predicted molar refractivity (Wildman–Crippen MR) is 132 cm³/mol. The summed E-state index contributed by atoms with van der Waals surface area (Å²) < 4.78 is 19.2. The van der Waals surface area contributed by atoms with E-state index in [1.165, 1.54) is 17.8 Å². The molecule has 7 nitrogen and oxygen atoms in total. The van der Waals surface area contributed by atoms with Crippen molar-refractivity contribution in [3.05, 3.63) is 89.2 Å². The Bertz CT molecular complexity index is 1220. The van der Waals surface area contributed by atoms with Gasteiger partial charge in [-0.3, -0.25) is 4.79 Å². The monoisotopic (exact) mass is 494 g/mol. The molecule has 0 saturated heterocycles. The highest BCUT2D eigenvalue weighted by molar-refractivity contribution is 7.99. The quantitative estimate of drug-likeness (QED) is 0.372. The maximum absolute atomic E-state index is 13.7. The molecule has 3 aromatic carbocycles. The second-order valence-electron chi connectivity index (χ2n) is 7.85. The number of nitrogens with one attached hydrogen (secondary N) is 2. The third-order valence-corrected chi connectivity index (χ3v) is 6.53. The number of thioether (sulfide) groups is 1. The molecule has 0 fully saturated rings. The molecule has 35 heavy (non-hydrogen) atoms. The minimum atomic E-state index is -1.38. The molecule has 9 heteroatoms.